The summed E-state index contributed by atoms with van der Waals surface area (Å²) in [6.45, 7) is 3.62. The van der Waals surface area contributed by atoms with E-state index in [9.17, 15) is 0 Å². The van der Waals surface area contributed by atoms with Crippen LogP contribution in [0.3, 0.4) is 0 Å². The van der Waals surface area contributed by atoms with Crippen molar-refractivity contribution < 1.29 is 0 Å². The average molecular weight is 204 g/mol. The van der Waals surface area contributed by atoms with E-state index in [4.69, 9.17) is 0 Å². The lowest BCUT2D eigenvalue weighted by Crippen LogP contribution is -1.74. The quantitative estimate of drug-likeness (QED) is 0.674. The maximum absolute atomic E-state index is 4.16. The van der Waals surface area contributed by atoms with Gasteiger partial charge >= 0.3 is 0 Å². The van der Waals surface area contributed by atoms with E-state index in [0.717, 1.165) is 16.0 Å². The zero-order chi connectivity index (χ0) is 6.69. The Labute approximate surface area is 66.6 Å². The fourth-order valence-electron chi connectivity index (χ4n) is 0.506. The van der Waals surface area contributed by atoms with Crippen LogP contribution in [0.15, 0.2) is 22.6 Å². The molecule has 0 spiro atoms. The molecule has 0 radical (unpaired) electrons. The van der Waals surface area contributed by atoms with Crippen LogP contribution in [0.5, 0.6) is 0 Å². The van der Waals surface area contributed by atoms with Gasteiger partial charge in [-0.2, -0.15) is 0 Å². The molecule has 9 heavy (non-hydrogen) atoms. The lowest BCUT2D eigenvalue weighted by molar-refractivity contribution is 1.17. The van der Waals surface area contributed by atoms with Crippen LogP contribution in [0.2, 0.25) is 0 Å². The van der Waals surface area contributed by atoms with Crippen molar-refractivity contribution in [3.8, 4) is 0 Å². The summed E-state index contributed by atoms with van der Waals surface area (Å²) in [5, 5.41) is 3.08. The molecule has 0 saturated carbocycles. The third-order valence-electron chi connectivity index (χ3n) is 0.843. The van der Waals surface area contributed by atoms with Gasteiger partial charge in [0.05, 0.1) is 5.01 Å². The Morgan fingerprint density at radius 3 is 3.11 bits per heavy atom. The number of aromatic nitrogens is 1. The molecule has 0 amide bonds. The third kappa shape index (κ3) is 1.91. The van der Waals surface area contributed by atoms with E-state index < -0.39 is 0 Å². The molecule has 48 valence electrons. The number of nitrogens with zero attached hydrogens (tertiary/aromatic N) is 1. The Hall–Kier alpha value is -0.150. The topological polar surface area (TPSA) is 12.9 Å². The highest BCUT2D eigenvalue weighted by molar-refractivity contribution is 9.10. The summed E-state index contributed by atoms with van der Waals surface area (Å²) < 4.78 is 0.921. The van der Waals surface area contributed by atoms with E-state index in [2.05, 4.69) is 27.5 Å². The number of rotatable bonds is 2. The van der Waals surface area contributed by atoms with E-state index >= 15 is 0 Å². The summed E-state index contributed by atoms with van der Waals surface area (Å²) in [5.41, 5.74) is 0. The van der Waals surface area contributed by atoms with E-state index in [1.807, 2.05) is 11.5 Å². The zero-order valence-corrected chi connectivity index (χ0v) is 7.20. The second-order valence-electron chi connectivity index (χ2n) is 1.56. The lowest BCUT2D eigenvalue weighted by Gasteiger charge is -1.81. The minimum absolute atomic E-state index is 0.871. The predicted octanol–water partition coefficient (Wildman–Crippen LogP) is 2.63. The normalized spacial score (nSPS) is 9.44. The monoisotopic (exact) mass is 203 g/mol. The van der Waals surface area contributed by atoms with Crippen molar-refractivity contribution >= 4 is 27.3 Å². The fraction of sp³-hybridized carbons (Fsp3) is 0.167. The standard InChI is InChI=1S/C6H6BrNS/c1-2-3-6-8-5(7)4-9-6/h2,4H,1,3H2. The molecule has 0 bridgehead atoms. The van der Waals surface area contributed by atoms with E-state index in [0.29, 0.717) is 0 Å². The number of thiazole rings is 1. The summed E-state index contributed by atoms with van der Waals surface area (Å²) in [6.07, 6.45) is 2.72. The van der Waals surface area contributed by atoms with Gasteiger partial charge in [0, 0.05) is 11.8 Å². The molecule has 1 rings (SSSR count). The minimum atomic E-state index is 0.871. The van der Waals surface area contributed by atoms with Crippen molar-refractivity contribution in [2.75, 3.05) is 0 Å². The van der Waals surface area contributed by atoms with E-state index in [-0.39, 0.29) is 0 Å². The Kier molecular flexibility index (Phi) is 2.42. The predicted molar refractivity (Wildman–Crippen MR) is 43.7 cm³/mol. The molecule has 0 fully saturated rings. The molecule has 1 aromatic rings. The van der Waals surface area contributed by atoms with Crippen LogP contribution in [0.1, 0.15) is 5.01 Å². The van der Waals surface area contributed by atoms with Crippen molar-refractivity contribution in [1.29, 1.82) is 0 Å². The van der Waals surface area contributed by atoms with Crippen LogP contribution in [0.25, 0.3) is 0 Å². The van der Waals surface area contributed by atoms with Crippen LogP contribution >= 0.6 is 27.3 Å². The second-order valence-corrected chi connectivity index (χ2v) is 3.31. The average Bonchev–Trinajstić information content (AvgIpc) is 2.17. The maximum atomic E-state index is 4.16. The zero-order valence-electron chi connectivity index (χ0n) is 4.80. The van der Waals surface area contributed by atoms with Crippen LogP contribution in [-0.4, -0.2) is 4.98 Å². The molecule has 0 aromatic carbocycles. The van der Waals surface area contributed by atoms with Gasteiger partial charge in [-0.1, -0.05) is 6.08 Å². The first kappa shape index (κ1) is 6.96. The van der Waals surface area contributed by atoms with Gasteiger partial charge in [0.2, 0.25) is 0 Å². The SMILES string of the molecule is C=CCc1nc(Br)cs1. The summed E-state index contributed by atoms with van der Waals surface area (Å²) in [5.74, 6) is 0. The molecular formula is C6H6BrNS. The number of allylic oxidation sites excluding steroid dienone is 1. The lowest BCUT2D eigenvalue weighted by atomic mass is 10.4. The Bertz CT molecular complexity index is 207. The molecule has 3 heteroatoms. The van der Waals surface area contributed by atoms with Gasteiger partial charge in [-0.25, -0.2) is 4.98 Å². The molecule has 0 atom stereocenters. The second kappa shape index (κ2) is 3.13. The molecule has 1 heterocycles. The van der Waals surface area contributed by atoms with E-state index in [1.165, 1.54) is 0 Å². The highest BCUT2D eigenvalue weighted by Crippen LogP contribution is 2.14. The van der Waals surface area contributed by atoms with Gasteiger partial charge in [0.25, 0.3) is 0 Å². The van der Waals surface area contributed by atoms with Gasteiger partial charge in [-0.3, -0.25) is 0 Å². The molecule has 1 aromatic heterocycles. The third-order valence-corrected chi connectivity index (χ3v) is 2.42. The maximum Gasteiger partial charge on any atom is 0.117 e. The van der Waals surface area contributed by atoms with Crippen molar-refractivity contribution in [1.82, 2.24) is 4.98 Å². The Balaban J connectivity index is 2.72. The number of hydrogen-bond donors (Lipinski definition) is 0. The number of hydrogen-bond acceptors (Lipinski definition) is 2. The first-order chi connectivity index (χ1) is 4.33. The smallest absolute Gasteiger partial charge is 0.117 e. The summed E-state index contributed by atoms with van der Waals surface area (Å²) in [4.78, 5) is 4.16. The molecule has 1 nitrogen and oxygen atoms in total. The van der Waals surface area contributed by atoms with Crippen LogP contribution in [0.4, 0.5) is 0 Å². The largest absolute Gasteiger partial charge is 0.234 e. The first-order valence-corrected chi connectivity index (χ1v) is 4.21. The van der Waals surface area contributed by atoms with E-state index in [1.54, 1.807) is 11.3 Å². The van der Waals surface area contributed by atoms with Crippen LogP contribution in [0, 0.1) is 0 Å². The summed E-state index contributed by atoms with van der Waals surface area (Å²) in [6, 6.07) is 0. The Morgan fingerprint density at radius 1 is 1.89 bits per heavy atom. The van der Waals surface area contributed by atoms with Gasteiger partial charge < -0.3 is 0 Å². The highest BCUT2D eigenvalue weighted by atomic mass is 79.9. The fourth-order valence-corrected chi connectivity index (χ4v) is 1.77. The van der Waals surface area contributed by atoms with Crippen molar-refractivity contribution in [3.63, 3.8) is 0 Å². The summed E-state index contributed by atoms with van der Waals surface area (Å²) >= 11 is 4.91. The van der Waals surface area contributed by atoms with Crippen LogP contribution in [-0.2, 0) is 6.42 Å². The van der Waals surface area contributed by atoms with Crippen molar-refractivity contribution in [3.05, 3.63) is 27.6 Å². The molecular weight excluding hydrogens is 198 g/mol. The van der Waals surface area contributed by atoms with Gasteiger partial charge in [-0.05, 0) is 15.9 Å². The number of halogens is 1. The van der Waals surface area contributed by atoms with Crippen molar-refractivity contribution in [2.24, 2.45) is 0 Å². The molecule has 0 unspecified atom stereocenters. The first-order valence-electron chi connectivity index (χ1n) is 2.53. The van der Waals surface area contributed by atoms with Gasteiger partial charge in [0.1, 0.15) is 4.60 Å². The highest BCUT2D eigenvalue weighted by Gasteiger charge is 1.94. The van der Waals surface area contributed by atoms with Crippen LogP contribution < -0.4 is 0 Å². The van der Waals surface area contributed by atoms with Gasteiger partial charge in [-0.15, -0.1) is 17.9 Å². The molecule has 0 aliphatic rings. The molecule has 0 aliphatic heterocycles. The minimum Gasteiger partial charge on any atom is -0.234 e. The Morgan fingerprint density at radius 2 is 2.67 bits per heavy atom. The summed E-state index contributed by atoms with van der Waals surface area (Å²) in [7, 11) is 0. The molecule has 0 N–H and O–H groups in total. The molecule has 0 aliphatic carbocycles. The van der Waals surface area contributed by atoms with Gasteiger partial charge in [0.15, 0.2) is 0 Å². The van der Waals surface area contributed by atoms with Crippen molar-refractivity contribution in [2.45, 2.75) is 6.42 Å². The molecule has 0 saturated heterocycles.